The van der Waals surface area contributed by atoms with Crippen LogP contribution in [-0.4, -0.2) is 52.6 Å². The van der Waals surface area contributed by atoms with E-state index in [1.807, 2.05) is 18.7 Å². The van der Waals surface area contributed by atoms with Gasteiger partial charge in [-0.15, -0.1) is 0 Å². The van der Waals surface area contributed by atoms with Crippen molar-refractivity contribution in [2.24, 2.45) is 5.41 Å². The van der Waals surface area contributed by atoms with Gasteiger partial charge in [0.25, 0.3) is 0 Å². The minimum absolute atomic E-state index is 0.0849. The minimum Gasteiger partial charge on any atom is -0.481 e. The molecule has 1 saturated carbocycles. The molecule has 5 nitrogen and oxygen atoms in total. The van der Waals surface area contributed by atoms with E-state index >= 15 is 0 Å². The molecule has 1 heterocycles. The summed E-state index contributed by atoms with van der Waals surface area (Å²) in [4.78, 5) is 25.5. The van der Waals surface area contributed by atoms with Crippen LogP contribution in [0.25, 0.3) is 0 Å². The zero-order chi connectivity index (χ0) is 15.5. The summed E-state index contributed by atoms with van der Waals surface area (Å²) in [5.74, 6) is -0.777. The van der Waals surface area contributed by atoms with Crippen molar-refractivity contribution in [3.8, 4) is 0 Å². The Balaban J connectivity index is 1.88. The van der Waals surface area contributed by atoms with Gasteiger partial charge in [0, 0.05) is 24.4 Å². The molecule has 0 radical (unpaired) electrons. The topological polar surface area (TPSA) is 69.6 Å². The molecule has 2 fully saturated rings. The Morgan fingerprint density at radius 3 is 2.76 bits per heavy atom. The number of carbonyl (C=O) groups excluding carboxylic acids is 1. The van der Waals surface area contributed by atoms with E-state index < -0.39 is 11.4 Å². The van der Waals surface area contributed by atoms with Crippen LogP contribution >= 0.6 is 11.8 Å². The normalized spacial score (nSPS) is 33.0. The summed E-state index contributed by atoms with van der Waals surface area (Å²) in [7, 11) is 0. The molecule has 6 heteroatoms. The highest BCUT2D eigenvalue weighted by atomic mass is 32.2. The molecule has 1 aliphatic heterocycles. The average Bonchev–Trinajstić information content (AvgIpc) is 2.93. The van der Waals surface area contributed by atoms with Gasteiger partial charge in [0.05, 0.1) is 5.41 Å². The number of rotatable bonds is 4. The molecule has 2 N–H and O–H groups in total. The van der Waals surface area contributed by atoms with E-state index in [0.29, 0.717) is 31.2 Å². The lowest BCUT2D eigenvalue weighted by molar-refractivity contribution is -0.148. The Morgan fingerprint density at radius 2 is 2.19 bits per heavy atom. The van der Waals surface area contributed by atoms with Crippen molar-refractivity contribution in [1.82, 2.24) is 10.2 Å². The second-order valence-electron chi connectivity index (χ2n) is 6.28. The van der Waals surface area contributed by atoms with E-state index in [2.05, 4.69) is 11.6 Å². The molecule has 120 valence electrons. The number of carbonyl (C=O) groups is 2. The molecule has 21 heavy (non-hydrogen) atoms. The molecule has 0 aromatic rings. The van der Waals surface area contributed by atoms with Crippen molar-refractivity contribution < 1.29 is 14.7 Å². The zero-order valence-electron chi connectivity index (χ0n) is 12.9. The van der Waals surface area contributed by atoms with Crippen molar-refractivity contribution in [2.75, 3.05) is 19.3 Å². The van der Waals surface area contributed by atoms with E-state index in [9.17, 15) is 14.7 Å². The number of likely N-dealkylation sites (tertiary alicyclic amines) is 1. The number of nitrogens with zero attached hydrogens (tertiary/aromatic N) is 1. The number of thioether (sulfide) groups is 1. The molecule has 2 rings (SSSR count). The van der Waals surface area contributed by atoms with E-state index in [1.54, 1.807) is 4.90 Å². The SMILES string of the molecule is CCC1(C(=O)O)CCN(C(=O)NC2CCCC(SC)C2)C1. The predicted octanol–water partition coefficient (Wildman–Crippen LogP) is 2.56. The van der Waals surface area contributed by atoms with Gasteiger partial charge < -0.3 is 15.3 Å². The van der Waals surface area contributed by atoms with Crippen molar-refractivity contribution >= 4 is 23.8 Å². The Labute approximate surface area is 130 Å². The summed E-state index contributed by atoms with van der Waals surface area (Å²) in [5.41, 5.74) is -0.744. The number of hydrogen-bond donors (Lipinski definition) is 2. The second kappa shape index (κ2) is 6.90. The molecule has 0 aromatic carbocycles. The summed E-state index contributed by atoms with van der Waals surface area (Å²) in [5, 5.41) is 13.1. The van der Waals surface area contributed by atoms with Crippen molar-refractivity contribution in [1.29, 1.82) is 0 Å². The third-order valence-electron chi connectivity index (χ3n) is 5.06. The lowest BCUT2D eigenvalue weighted by atomic mass is 9.84. The van der Waals surface area contributed by atoms with Crippen LogP contribution in [0.1, 0.15) is 45.4 Å². The van der Waals surface area contributed by atoms with Gasteiger partial charge in [0.1, 0.15) is 0 Å². The van der Waals surface area contributed by atoms with E-state index in [0.717, 1.165) is 19.3 Å². The summed E-state index contributed by atoms with van der Waals surface area (Å²) >= 11 is 1.87. The van der Waals surface area contributed by atoms with E-state index in [-0.39, 0.29) is 12.1 Å². The van der Waals surface area contributed by atoms with Gasteiger partial charge in [0.15, 0.2) is 0 Å². The Bertz CT molecular complexity index is 404. The van der Waals surface area contributed by atoms with Crippen molar-refractivity contribution in [2.45, 2.75) is 56.7 Å². The lowest BCUT2D eigenvalue weighted by Crippen LogP contribution is -2.47. The first-order chi connectivity index (χ1) is 10.0. The molecule has 0 bridgehead atoms. The minimum atomic E-state index is -0.777. The number of nitrogens with one attached hydrogen (secondary N) is 1. The fourth-order valence-electron chi connectivity index (χ4n) is 3.42. The summed E-state index contributed by atoms with van der Waals surface area (Å²) in [6.07, 6.45) is 7.71. The largest absolute Gasteiger partial charge is 0.481 e. The van der Waals surface area contributed by atoms with Gasteiger partial charge in [-0.25, -0.2) is 4.79 Å². The maximum Gasteiger partial charge on any atom is 0.317 e. The maximum atomic E-state index is 12.3. The molecule has 1 saturated heterocycles. The van der Waals surface area contributed by atoms with Gasteiger partial charge in [0.2, 0.25) is 0 Å². The molecule has 2 amide bonds. The van der Waals surface area contributed by atoms with Crippen LogP contribution in [-0.2, 0) is 4.79 Å². The molecular formula is C15H26N2O3S. The second-order valence-corrected chi connectivity index (χ2v) is 7.42. The van der Waals surface area contributed by atoms with Crippen LogP contribution in [0.5, 0.6) is 0 Å². The number of carboxylic acids is 1. The number of amides is 2. The number of carboxylic acid groups (broad SMARTS) is 1. The zero-order valence-corrected chi connectivity index (χ0v) is 13.7. The molecule has 1 aliphatic carbocycles. The van der Waals surface area contributed by atoms with Crippen LogP contribution in [0.15, 0.2) is 0 Å². The van der Waals surface area contributed by atoms with Crippen LogP contribution < -0.4 is 5.32 Å². The quantitative estimate of drug-likeness (QED) is 0.837. The smallest absolute Gasteiger partial charge is 0.317 e. The van der Waals surface area contributed by atoms with Crippen LogP contribution in [0, 0.1) is 5.41 Å². The van der Waals surface area contributed by atoms with E-state index in [4.69, 9.17) is 0 Å². The van der Waals surface area contributed by atoms with Gasteiger partial charge in [-0.1, -0.05) is 13.3 Å². The maximum absolute atomic E-state index is 12.3. The summed E-state index contributed by atoms with van der Waals surface area (Å²) in [6.45, 7) is 2.77. The summed E-state index contributed by atoms with van der Waals surface area (Å²) in [6, 6.07) is 0.156. The number of urea groups is 1. The fraction of sp³-hybridized carbons (Fsp3) is 0.867. The van der Waals surface area contributed by atoms with Gasteiger partial charge >= 0.3 is 12.0 Å². The number of hydrogen-bond acceptors (Lipinski definition) is 3. The van der Waals surface area contributed by atoms with Crippen LogP contribution in [0.4, 0.5) is 4.79 Å². The third kappa shape index (κ3) is 3.65. The van der Waals surface area contributed by atoms with Crippen molar-refractivity contribution in [3.05, 3.63) is 0 Å². The Hall–Kier alpha value is -0.910. The monoisotopic (exact) mass is 314 g/mol. The Kier molecular flexibility index (Phi) is 5.41. The van der Waals surface area contributed by atoms with Crippen LogP contribution in [0.3, 0.4) is 0 Å². The highest BCUT2D eigenvalue weighted by Crippen LogP contribution is 2.34. The molecule has 3 unspecified atom stereocenters. The van der Waals surface area contributed by atoms with E-state index in [1.165, 1.54) is 6.42 Å². The first-order valence-electron chi connectivity index (χ1n) is 7.82. The Morgan fingerprint density at radius 1 is 1.43 bits per heavy atom. The fourth-order valence-corrected chi connectivity index (χ4v) is 4.24. The molecule has 2 aliphatic rings. The first kappa shape index (κ1) is 16.5. The van der Waals surface area contributed by atoms with Gasteiger partial charge in [-0.05, 0) is 38.4 Å². The first-order valence-corrected chi connectivity index (χ1v) is 9.11. The molecule has 0 aromatic heterocycles. The average molecular weight is 314 g/mol. The summed E-state index contributed by atoms with van der Waals surface area (Å²) < 4.78 is 0. The molecule has 0 spiro atoms. The number of aliphatic carboxylic acids is 1. The predicted molar refractivity (Wildman–Crippen MR) is 84.6 cm³/mol. The van der Waals surface area contributed by atoms with Crippen molar-refractivity contribution in [3.63, 3.8) is 0 Å². The molecule has 3 atom stereocenters. The highest BCUT2D eigenvalue weighted by Gasteiger charge is 2.45. The van der Waals surface area contributed by atoms with Gasteiger partial charge in [-0.3, -0.25) is 4.79 Å². The standard InChI is InChI=1S/C15H26N2O3S/c1-3-15(13(18)19)7-8-17(10-15)14(20)16-11-5-4-6-12(9-11)21-2/h11-12H,3-10H2,1-2H3,(H,16,20)(H,18,19). The lowest BCUT2D eigenvalue weighted by Gasteiger charge is -2.30. The third-order valence-corrected chi connectivity index (χ3v) is 6.15. The van der Waals surface area contributed by atoms with Crippen LogP contribution in [0.2, 0.25) is 0 Å². The molecular weight excluding hydrogens is 288 g/mol. The highest BCUT2D eigenvalue weighted by molar-refractivity contribution is 7.99. The van der Waals surface area contributed by atoms with Gasteiger partial charge in [-0.2, -0.15) is 11.8 Å².